The molecule has 1 aliphatic rings. The van der Waals surface area contributed by atoms with Crippen LogP contribution >= 0.6 is 0 Å². The van der Waals surface area contributed by atoms with Gasteiger partial charge < -0.3 is 5.11 Å². The Balaban J connectivity index is 0.000000280. The van der Waals surface area contributed by atoms with Crippen molar-refractivity contribution in [1.82, 2.24) is 0 Å². The van der Waals surface area contributed by atoms with E-state index >= 15 is 0 Å². The molecule has 0 radical (unpaired) electrons. The minimum atomic E-state index is -0.675. The van der Waals surface area contributed by atoms with Gasteiger partial charge in [-0.15, -0.1) is 0 Å². The Kier molecular flexibility index (Phi) is 9.13. The van der Waals surface area contributed by atoms with Crippen LogP contribution < -0.4 is 0 Å². The summed E-state index contributed by atoms with van der Waals surface area (Å²) in [6.45, 7) is 2.11. The molecule has 0 heterocycles. The lowest BCUT2D eigenvalue weighted by molar-refractivity contribution is -0.137. The molecule has 0 saturated heterocycles. The Bertz CT molecular complexity index is 179. The molecule has 3 heteroatoms. The molecular weight excluding hydrogens is 192 g/mol. The lowest BCUT2D eigenvalue weighted by Crippen LogP contribution is -1.92. The third kappa shape index (κ3) is 11.1. The van der Waals surface area contributed by atoms with E-state index in [1.807, 2.05) is 0 Å². The summed E-state index contributed by atoms with van der Waals surface area (Å²) in [6.07, 6.45) is 8.52. The zero-order valence-corrected chi connectivity index (χ0v) is 9.63. The van der Waals surface area contributed by atoms with E-state index in [4.69, 9.17) is 5.11 Å². The van der Waals surface area contributed by atoms with Gasteiger partial charge in [0.05, 0.1) is 0 Å². The van der Waals surface area contributed by atoms with Gasteiger partial charge in [-0.05, 0) is 19.3 Å². The van der Waals surface area contributed by atoms with Crippen molar-refractivity contribution < 1.29 is 14.7 Å². The first kappa shape index (κ1) is 14.1. The van der Waals surface area contributed by atoms with E-state index in [2.05, 4.69) is 6.92 Å². The second-order valence-corrected chi connectivity index (χ2v) is 3.95. The third-order valence-electron chi connectivity index (χ3n) is 2.41. The van der Waals surface area contributed by atoms with Crippen LogP contribution in [0.25, 0.3) is 0 Å². The van der Waals surface area contributed by atoms with Crippen molar-refractivity contribution in [3.8, 4) is 0 Å². The van der Waals surface area contributed by atoms with Crippen molar-refractivity contribution >= 4 is 11.8 Å². The highest BCUT2D eigenvalue weighted by atomic mass is 16.4. The molecule has 1 saturated carbocycles. The number of carboxylic acid groups (broad SMARTS) is 1. The van der Waals surface area contributed by atoms with Gasteiger partial charge >= 0.3 is 5.97 Å². The summed E-state index contributed by atoms with van der Waals surface area (Å²) in [4.78, 5) is 20.2. The van der Waals surface area contributed by atoms with E-state index in [1.54, 1.807) is 0 Å². The van der Waals surface area contributed by atoms with Gasteiger partial charge in [0, 0.05) is 19.3 Å². The molecule has 0 amide bonds. The predicted molar refractivity (Wildman–Crippen MR) is 59.9 cm³/mol. The first-order valence-electron chi connectivity index (χ1n) is 5.90. The summed E-state index contributed by atoms with van der Waals surface area (Å²) in [5.74, 6) is -0.221. The molecule has 0 aliphatic heterocycles. The normalized spacial score (nSPS) is 14.6. The summed E-state index contributed by atoms with van der Waals surface area (Å²) in [6, 6.07) is 0. The molecule has 1 N–H and O–H groups in total. The van der Waals surface area contributed by atoms with Crippen molar-refractivity contribution in [2.24, 2.45) is 0 Å². The van der Waals surface area contributed by atoms with Crippen LogP contribution in [0.5, 0.6) is 0 Å². The molecule has 1 rings (SSSR count). The van der Waals surface area contributed by atoms with Gasteiger partial charge in [-0.1, -0.05) is 26.2 Å². The van der Waals surface area contributed by atoms with E-state index in [0.717, 1.165) is 44.9 Å². The number of ketones is 1. The summed E-state index contributed by atoms with van der Waals surface area (Å²) < 4.78 is 0. The van der Waals surface area contributed by atoms with Gasteiger partial charge in [-0.25, -0.2) is 0 Å². The van der Waals surface area contributed by atoms with Gasteiger partial charge in [-0.3, -0.25) is 9.59 Å². The number of unbranched alkanes of at least 4 members (excludes halogenated alkanes) is 3. The summed E-state index contributed by atoms with van der Waals surface area (Å²) >= 11 is 0. The molecule has 1 aliphatic carbocycles. The monoisotopic (exact) mass is 214 g/mol. The zero-order valence-electron chi connectivity index (χ0n) is 9.63. The number of carboxylic acids is 1. The fraction of sp³-hybridized carbons (Fsp3) is 0.833. The molecule has 3 nitrogen and oxygen atoms in total. The molecule has 1 fully saturated rings. The number of Topliss-reactive ketones (excluding diaryl/α,β-unsaturated/α-hetero) is 1. The average Bonchev–Trinajstić information content (AvgIpc) is 2.65. The zero-order chi connectivity index (χ0) is 11.5. The van der Waals surface area contributed by atoms with Gasteiger partial charge in [0.25, 0.3) is 0 Å². The van der Waals surface area contributed by atoms with Crippen LogP contribution in [0.4, 0.5) is 0 Å². The molecule has 0 aromatic rings. The maximum absolute atomic E-state index is 10.2. The topological polar surface area (TPSA) is 54.4 Å². The van der Waals surface area contributed by atoms with Gasteiger partial charge in [0.1, 0.15) is 5.78 Å². The first-order chi connectivity index (χ1) is 7.16. The van der Waals surface area contributed by atoms with E-state index in [9.17, 15) is 9.59 Å². The van der Waals surface area contributed by atoms with Crippen molar-refractivity contribution in [1.29, 1.82) is 0 Å². The fourth-order valence-corrected chi connectivity index (χ4v) is 1.47. The van der Waals surface area contributed by atoms with Crippen LogP contribution in [-0.2, 0) is 9.59 Å². The maximum Gasteiger partial charge on any atom is 0.303 e. The van der Waals surface area contributed by atoms with Crippen LogP contribution in [0, 0.1) is 0 Å². The highest BCUT2D eigenvalue weighted by Gasteiger charge is 2.07. The van der Waals surface area contributed by atoms with Crippen LogP contribution in [0.3, 0.4) is 0 Å². The summed E-state index contributed by atoms with van der Waals surface area (Å²) in [5.41, 5.74) is 0. The van der Waals surface area contributed by atoms with Crippen LogP contribution in [0.2, 0.25) is 0 Å². The Morgan fingerprint density at radius 3 is 2.13 bits per heavy atom. The maximum atomic E-state index is 10.2. The Morgan fingerprint density at radius 1 is 1.20 bits per heavy atom. The summed E-state index contributed by atoms with van der Waals surface area (Å²) in [5, 5.41) is 8.21. The quantitative estimate of drug-likeness (QED) is 0.715. The van der Waals surface area contributed by atoms with Crippen LogP contribution in [0.1, 0.15) is 64.7 Å². The van der Waals surface area contributed by atoms with Crippen molar-refractivity contribution in [2.75, 3.05) is 0 Å². The standard InChI is InChI=1S/C7H14O2.C5H8O/c1-2-3-4-5-6-7(8)9;6-5-3-1-2-4-5/h2-6H2,1H3,(H,8,9);1-4H2. The number of hydrogen-bond donors (Lipinski definition) is 1. The molecule has 88 valence electrons. The molecule has 0 aromatic carbocycles. The second-order valence-electron chi connectivity index (χ2n) is 3.95. The number of hydrogen-bond acceptors (Lipinski definition) is 2. The number of rotatable bonds is 5. The second kappa shape index (κ2) is 9.69. The Morgan fingerprint density at radius 2 is 1.80 bits per heavy atom. The van der Waals surface area contributed by atoms with Crippen LogP contribution in [-0.4, -0.2) is 16.9 Å². The number of carbonyl (C=O) groups excluding carboxylic acids is 1. The van der Waals surface area contributed by atoms with E-state index in [0.29, 0.717) is 12.2 Å². The lowest BCUT2D eigenvalue weighted by atomic mass is 10.2. The van der Waals surface area contributed by atoms with Gasteiger partial charge in [-0.2, -0.15) is 0 Å². The van der Waals surface area contributed by atoms with E-state index < -0.39 is 5.97 Å². The van der Waals surface area contributed by atoms with E-state index in [1.165, 1.54) is 6.42 Å². The Hall–Kier alpha value is -0.860. The van der Waals surface area contributed by atoms with Gasteiger partial charge in [0.2, 0.25) is 0 Å². The number of carbonyl (C=O) groups is 2. The molecular formula is C12H22O3. The largest absolute Gasteiger partial charge is 0.481 e. The first-order valence-corrected chi connectivity index (χ1v) is 5.90. The van der Waals surface area contributed by atoms with E-state index in [-0.39, 0.29) is 0 Å². The molecule has 0 aromatic heterocycles. The highest BCUT2D eigenvalue weighted by Crippen LogP contribution is 2.11. The lowest BCUT2D eigenvalue weighted by Gasteiger charge is -1.92. The molecule has 0 unspecified atom stereocenters. The number of aliphatic carboxylic acids is 1. The van der Waals surface area contributed by atoms with Crippen molar-refractivity contribution in [3.63, 3.8) is 0 Å². The third-order valence-corrected chi connectivity index (χ3v) is 2.41. The van der Waals surface area contributed by atoms with Crippen molar-refractivity contribution in [2.45, 2.75) is 64.7 Å². The molecule has 0 bridgehead atoms. The minimum Gasteiger partial charge on any atom is -0.481 e. The minimum absolute atomic E-state index is 0.333. The smallest absolute Gasteiger partial charge is 0.303 e. The van der Waals surface area contributed by atoms with Crippen molar-refractivity contribution in [3.05, 3.63) is 0 Å². The molecule has 15 heavy (non-hydrogen) atoms. The van der Waals surface area contributed by atoms with Gasteiger partial charge in [0.15, 0.2) is 0 Å². The molecule has 0 atom stereocenters. The molecule has 0 spiro atoms. The predicted octanol–water partition coefficient (Wildman–Crippen LogP) is 3.17. The SMILES string of the molecule is CCCCCCC(=O)O.O=C1CCCC1. The Labute approximate surface area is 91.9 Å². The average molecular weight is 214 g/mol. The highest BCUT2D eigenvalue weighted by molar-refractivity contribution is 5.80. The fourth-order valence-electron chi connectivity index (χ4n) is 1.47. The summed E-state index contributed by atoms with van der Waals surface area (Å²) in [7, 11) is 0. The van der Waals surface area contributed by atoms with Crippen LogP contribution in [0.15, 0.2) is 0 Å².